The largest absolute Gasteiger partial charge is 0.362 e. The van der Waals surface area contributed by atoms with Gasteiger partial charge >= 0.3 is 0 Å². The molecule has 0 atom stereocenters. The second-order valence-electron chi connectivity index (χ2n) is 6.55. The smallest absolute Gasteiger partial charge is 0.294 e. The third kappa shape index (κ3) is 3.80. The van der Waals surface area contributed by atoms with Crippen molar-refractivity contribution in [2.45, 2.75) is 13.8 Å². The molecule has 0 aromatic heterocycles. The Hall–Kier alpha value is -2.60. The number of aryl methyl sites for hydroxylation is 2. The first-order valence-electron chi connectivity index (χ1n) is 8.41. The summed E-state index contributed by atoms with van der Waals surface area (Å²) in [6, 6.07) is 10.5. The highest BCUT2D eigenvalue weighted by molar-refractivity contribution is 6.30. The molecule has 0 aliphatic carbocycles. The van der Waals surface area contributed by atoms with Crippen molar-refractivity contribution in [3.63, 3.8) is 0 Å². The van der Waals surface area contributed by atoms with E-state index in [4.69, 9.17) is 11.6 Å². The van der Waals surface area contributed by atoms with Gasteiger partial charge in [0.2, 0.25) is 0 Å². The van der Waals surface area contributed by atoms with Crippen LogP contribution in [-0.4, -0.2) is 41.9 Å². The molecule has 3 rings (SSSR count). The zero-order chi connectivity index (χ0) is 18.8. The molecule has 2 aromatic carbocycles. The highest BCUT2D eigenvalue weighted by Gasteiger charge is 2.26. The Kier molecular flexibility index (Phi) is 5.13. The molecule has 0 saturated carbocycles. The van der Waals surface area contributed by atoms with Crippen LogP contribution in [0.1, 0.15) is 21.5 Å². The Balaban J connectivity index is 1.73. The van der Waals surface area contributed by atoms with Crippen LogP contribution >= 0.6 is 11.6 Å². The second-order valence-corrected chi connectivity index (χ2v) is 6.98. The maximum absolute atomic E-state index is 12.7. The summed E-state index contributed by atoms with van der Waals surface area (Å²) in [5.74, 6) is 0.00190. The van der Waals surface area contributed by atoms with Crippen molar-refractivity contribution in [1.82, 2.24) is 4.90 Å². The fourth-order valence-electron chi connectivity index (χ4n) is 3.34. The molecule has 7 heteroatoms. The molecule has 136 valence electrons. The first kappa shape index (κ1) is 18.2. The highest BCUT2D eigenvalue weighted by Crippen LogP contribution is 2.31. The van der Waals surface area contributed by atoms with Gasteiger partial charge in [-0.3, -0.25) is 14.9 Å². The number of hydrogen-bond donors (Lipinski definition) is 0. The number of rotatable bonds is 3. The molecule has 1 amide bonds. The van der Waals surface area contributed by atoms with E-state index < -0.39 is 4.92 Å². The van der Waals surface area contributed by atoms with Crippen molar-refractivity contribution in [2.24, 2.45) is 0 Å². The molecule has 1 saturated heterocycles. The zero-order valence-electron chi connectivity index (χ0n) is 14.7. The number of amides is 1. The van der Waals surface area contributed by atoms with E-state index in [1.54, 1.807) is 17.0 Å². The van der Waals surface area contributed by atoms with Crippen LogP contribution in [-0.2, 0) is 0 Å². The molecule has 1 fully saturated rings. The topological polar surface area (TPSA) is 66.7 Å². The molecule has 0 radical (unpaired) electrons. The lowest BCUT2D eigenvalue weighted by atomic mass is 10.1. The van der Waals surface area contributed by atoms with Crippen molar-refractivity contribution in [3.05, 3.63) is 68.2 Å². The number of nitrogens with zero attached hydrogens (tertiary/aromatic N) is 3. The number of nitro benzene ring substituents is 1. The normalized spacial score (nSPS) is 14.4. The van der Waals surface area contributed by atoms with Crippen molar-refractivity contribution in [3.8, 4) is 0 Å². The van der Waals surface area contributed by atoms with Crippen LogP contribution in [0.5, 0.6) is 0 Å². The molecule has 26 heavy (non-hydrogen) atoms. The maximum atomic E-state index is 12.7. The van der Waals surface area contributed by atoms with E-state index in [0.29, 0.717) is 42.5 Å². The standard InChI is InChI=1S/C19H20ClN3O3/c1-13-9-14(2)11-15(10-13)19(24)22-7-5-21(6-8-22)17-4-3-16(20)12-18(17)23(25)26/h3-4,9-12H,5-8H2,1-2H3. The van der Waals surface area contributed by atoms with Gasteiger partial charge in [0.05, 0.1) is 4.92 Å². The summed E-state index contributed by atoms with van der Waals surface area (Å²) in [5, 5.41) is 11.6. The van der Waals surface area contributed by atoms with Gasteiger partial charge in [-0.05, 0) is 38.1 Å². The molecule has 0 bridgehead atoms. The lowest BCUT2D eigenvalue weighted by Gasteiger charge is -2.36. The van der Waals surface area contributed by atoms with Crippen LogP contribution in [0.2, 0.25) is 5.02 Å². The van der Waals surface area contributed by atoms with E-state index >= 15 is 0 Å². The number of carbonyl (C=O) groups is 1. The Morgan fingerprint density at radius 2 is 1.65 bits per heavy atom. The van der Waals surface area contributed by atoms with Crippen molar-refractivity contribution in [1.29, 1.82) is 0 Å². The van der Waals surface area contributed by atoms with Crippen LogP contribution < -0.4 is 4.90 Å². The zero-order valence-corrected chi connectivity index (χ0v) is 15.5. The van der Waals surface area contributed by atoms with Gasteiger partial charge in [-0.25, -0.2) is 0 Å². The SMILES string of the molecule is Cc1cc(C)cc(C(=O)N2CCN(c3ccc(Cl)cc3[N+](=O)[O-])CC2)c1. The van der Waals surface area contributed by atoms with Crippen LogP contribution in [0.3, 0.4) is 0 Å². The maximum Gasteiger partial charge on any atom is 0.294 e. The molecule has 1 aliphatic heterocycles. The third-order valence-electron chi connectivity index (χ3n) is 4.51. The minimum Gasteiger partial charge on any atom is -0.362 e. The van der Waals surface area contributed by atoms with Gasteiger partial charge in [-0.1, -0.05) is 28.8 Å². The van der Waals surface area contributed by atoms with Gasteiger partial charge < -0.3 is 9.80 Å². The quantitative estimate of drug-likeness (QED) is 0.605. The first-order chi connectivity index (χ1) is 12.3. The number of piperazine rings is 1. The predicted molar refractivity (Wildman–Crippen MR) is 102 cm³/mol. The number of halogens is 1. The summed E-state index contributed by atoms with van der Waals surface area (Å²) in [5.41, 5.74) is 3.34. The van der Waals surface area contributed by atoms with Gasteiger partial charge in [-0.2, -0.15) is 0 Å². The molecular formula is C19H20ClN3O3. The molecule has 0 N–H and O–H groups in total. The Bertz CT molecular complexity index is 841. The van der Waals surface area contributed by atoms with Crippen LogP contribution in [0.25, 0.3) is 0 Å². The second kappa shape index (κ2) is 7.33. The Morgan fingerprint density at radius 1 is 1.04 bits per heavy atom. The van der Waals surface area contributed by atoms with E-state index in [1.807, 2.05) is 36.9 Å². The monoisotopic (exact) mass is 373 g/mol. The summed E-state index contributed by atoms with van der Waals surface area (Å²) in [4.78, 5) is 27.3. The lowest BCUT2D eigenvalue weighted by Crippen LogP contribution is -2.49. The number of nitro groups is 1. The molecule has 0 spiro atoms. The lowest BCUT2D eigenvalue weighted by molar-refractivity contribution is -0.384. The molecule has 1 aliphatic rings. The van der Waals surface area contributed by atoms with Crippen LogP contribution in [0.4, 0.5) is 11.4 Å². The van der Waals surface area contributed by atoms with Crippen molar-refractivity contribution in [2.75, 3.05) is 31.1 Å². The Labute approximate surface area is 157 Å². The molecule has 0 unspecified atom stereocenters. The highest BCUT2D eigenvalue weighted by atomic mass is 35.5. The van der Waals surface area contributed by atoms with Gasteiger partial charge in [0.25, 0.3) is 11.6 Å². The third-order valence-corrected chi connectivity index (χ3v) is 4.75. The minimum absolute atomic E-state index is 0.00190. The number of benzene rings is 2. The fraction of sp³-hybridized carbons (Fsp3) is 0.316. The minimum atomic E-state index is -0.422. The molecule has 6 nitrogen and oxygen atoms in total. The van der Waals surface area contributed by atoms with Crippen LogP contribution in [0.15, 0.2) is 36.4 Å². The average molecular weight is 374 g/mol. The van der Waals surface area contributed by atoms with Gasteiger partial charge in [0.1, 0.15) is 5.69 Å². The van der Waals surface area contributed by atoms with E-state index in [2.05, 4.69) is 0 Å². The number of anilines is 1. The van der Waals surface area contributed by atoms with Crippen LogP contribution in [0, 0.1) is 24.0 Å². The number of hydrogen-bond acceptors (Lipinski definition) is 4. The predicted octanol–water partition coefficient (Wildman–Crippen LogP) is 3.83. The Morgan fingerprint density at radius 3 is 2.23 bits per heavy atom. The van der Waals surface area contributed by atoms with E-state index in [0.717, 1.165) is 11.1 Å². The summed E-state index contributed by atoms with van der Waals surface area (Å²) < 4.78 is 0. The van der Waals surface area contributed by atoms with Gasteiger partial charge in [0.15, 0.2) is 0 Å². The molecular weight excluding hydrogens is 354 g/mol. The fourth-order valence-corrected chi connectivity index (χ4v) is 3.51. The van der Waals surface area contributed by atoms with E-state index in [-0.39, 0.29) is 11.6 Å². The first-order valence-corrected chi connectivity index (χ1v) is 8.79. The average Bonchev–Trinajstić information content (AvgIpc) is 2.60. The van der Waals surface area contributed by atoms with Gasteiger partial charge in [0, 0.05) is 42.8 Å². The van der Waals surface area contributed by atoms with E-state index in [1.165, 1.54) is 6.07 Å². The van der Waals surface area contributed by atoms with Gasteiger partial charge in [-0.15, -0.1) is 0 Å². The molecule has 2 aromatic rings. The molecule has 1 heterocycles. The van der Waals surface area contributed by atoms with E-state index in [9.17, 15) is 14.9 Å². The van der Waals surface area contributed by atoms with Crippen molar-refractivity contribution >= 4 is 28.9 Å². The number of carbonyl (C=O) groups excluding carboxylic acids is 1. The summed E-state index contributed by atoms with van der Waals surface area (Å²) in [6.07, 6.45) is 0. The summed E-state index contributed by atoms with van der Waals surface area (Å²) in [7, 11) is 0. The summed E-state index contributed by atoms with van der Waals surface area (Å²) in [6.45, 7) is 6.07. The summed E-state index contributed by atoms with van der Waals surface area (Å²) >= 11 is 5.88. The van der Waals surface area contributed by atoms with Crippen molar-refractivity contribution < 1.29 is 9.72 Å².